The van der Waals surface area contributed by atoms with Crippen LogP contribution in [0.3, 0.4) is 0 Å². The van der Waals surface area contributed by atoms with Gasteiger partial charge in [-0.05, 0) is 15.9 Å². The van der Waals surface area contributed by atoms with Crippen molar-refractivity contribution in [3.63, 3.8) is 0 Å². The van der Waals surface area contributed by atoms with Gasteiger partial charge in [0.25, 0.3) is 0 Å². The number of rotatable bonds is 1. The molecule has 18 heavy (non-hydrogen) atoms. The minimum atomic E-state index is 0.634. The van der Waals surface area contributed by atoms with Gasteiger partial charge in [0.15, 0.2) is 0 Å². The average molecular weight is 301 g/mol. The number of pyridine rings is 1. The van der Waals surface area contributed by atoms with Gasteiger partial charge in [-0.1, -0.05) is 11.8 Å². The summed E-state index contributed by atoms with van der Waals surface area (Å²) in [6, 6.07) is 0. The van der Waals surface area contributed by atoms with E-state index in [4.69, 9.17) is 0 Å². The second-order valence-corrected chi connectivity index (χ2v) is 4.64. The molecule has 0 saturated carbocycles. The van der Waals surface area contributed by atoms with Crippen LogP contribution in [0.5, 0.6) is 0 Å². The standard InChI is InChI=1S/C13H9BrN4/c14-11-7-16-8-12-13(11)10(6-17-12)2-1-4-18-5-3-15-9-18/h3,5-9,17H,4H2. The number of H-pyrrole nitrogens is 1. The van der Waals surface area contributed by atoms with E-state index in [0.717, 1.165) is 20.9 Å². The summed E-state index contributed by atoms with van der Waals surface area (Å²) in [6.07, 6.45) is 10.9. The SMILES string of the molecule is Brc1cncc2[nH]cc(C#CCn3ccnc3)c12. The Morgan fingerprint density at radius 1 is 1.33 bits per heavy atom. The molecule has 5 heteroatoms. The number of nitrogens with zero attached hydrogens (tertiary/aromatic N) is 3. The maximum Gasteiger partial charge on any atom is 0.0954 e. The van der Waals surface area contributed by atoms with Gasteiger partial charge < -0.3 is 9.55 Å². The largest absolute Gasteiger partial charge is 0.359 e. The van der Waals surface area contributed by atoms with Gasteiger partial charge in [-0.3, -0.25) is 4.98 Å². The summed E-state index contributed by atoms with van der Waals surface area (Å²) in [5, 5.41) is 1.07. The number of halogens is 1. The predicted octanol–water partition coefficient (Wildman–Crippen LogP) is 2.57. The Kier molecular flexibility index (Phi) is 2.87. The van der Waals surface area contributed by atoms with Crippen molar-refractivity contribution in [1.82, 2.24) is 19.5 Å². The van der Waals surface area contributed by atoms with Crippen molar-refractivity contribution in [2.45, 2.75) is 6.54 Å². The van der Waals surface area contributed by atoms with Crippen LogP contribution in [0.1, 0.15) is 5.56 Å². The number of fused-ring (bicyclic) bond motifs is 1. The van der Waals surface area contributed by atoms with Crippen molar-refractivity contribution in [2.24, 2.45) is 0 Å². The molecule has 0 saturated heterocycles. The minimum absolute atomic E-state index is 0.634. The minimum Gasteiger partial charge on any atom is -0.359 e. The number of aromatic amines is 1. The van der Waals surface area contributed by atoms with Crippen LogP contribution < -0.4 is 0 Å². The number of hydrogen-bond donors (Lipinski definition) is 1. The molecular formula is C13H9BrN4. The third kappa shape index (κ3) is 2.03. The monoisotopic (exact) mass is 300 g/mol. The van der Waals surface area contributed by atoms with Gasteiger partial charge in [0.1, 0.15) is 0 Å². The van der Waals surface area contributed by atoms with Gasteiger partial charge >= 0.3 is 0 Å². The topological polar surface area (TPSA) is 46.5 Å². The van der Waals surface area contributed by atoms with Gasteiger partial charge in [0.05, 0.1) is 30.1 Å². The summed E-state index contributed by atoms with van der Waals surface area (Å²) >= 11 is 3.49. The lowest BCUT2D eigenvalue weighted by atomic mass is 10.2. The first-order chi connectivity index (χ1) is 8.84. The zero-order chi connectivity index (χ0) is 12.4. The van der Waals surface area contributed by atoms with E-state index < -0.39 is 0 Å². The van der Waals surface area contributed by atoms with E-state index in [-0.39, 0.29) is 0 Å². The number of aromatic nitrogens is 4. The van der Waals surface area contributed by atoms with E-state index in [1.807, 2.05) is 17.0 Å². The lowest BCUT2D eigenvalue weighted by Gasteiger charge is -1.94. The highest BCUT2D eigenvalue weighted by molar-refractivity contribution is 9.10. The van der Waals surface area contributed by atoms with Crippen LogP contribution in [-0.4, -0.2) is 19.5 Å². The van der Waals surface area contributed by atoms with Crippen molar-refractivity contribution >= 4 is 26.8 Å². The van der Waals surface area contributed by atoms with E-state index in [1.165, 1.54) is 0 Å². The van der Waals surface area contributed by atoms with Crippen molar-refractivity contribution in [2.75, 3.05) is 0 Å². The Hall–Kier alpha value is -2.06. The van der Waals surface area contributed by atoms with Crippen molar-refractivity contribution in [3.05, 3.63) is 47.3 Å². The fourth-order valence-electron chi connectivity index (χ4n) is 1.75. The van der Waals surface area contributed by atoms with E-state index in [9.17, 15) is 0 Å². The highest BCUT2D eigenvalue weighted by Gasteiger charge is 2.04. The summed E-state index contributed by atoms with van der Waals surface area (Å²) in [4.78, 5) is 11.2. The van der Waals surface area contributed by atoms with E-state index >= 15 is 0 Å². The quantitative estimate of drug-likeness (QED) is 0.702. The molecule has 0 aliphatic heterocycles. The molecule has 3 heterocycles. The summed E-state index contributed by atoms with van der Waals surface area (Å²) in [5.41, 5.74) is 1.95. The highest BCUT2D eigenvalue weighted by Crippen LogP contribution is 2.24. The molecule has 0 radical (unpaired) electrons. The zero-order valence-electron chi connectivity index (χ0n) is 9.39. The summed E-state index contributed by atoms with van der Waals surface area (Å²) in [5.74, 6) is 6.28. The zero-order valence-corrected chi connectivity index (χ0v) is 11.0. The smallest absolute Gasteiger partial charge is 0.0954 e. The van der Waals surface area contributed by atoms with E-state index in [1.54, 1.807) is 24.9 Å². The molecule has 0 unspecified atom stereocenters. The summed E-state index contributed by atoms with van der Waals surface area (Å²) in [7, 11) is 0. The fraction of sp³-hybridized carbons (Fsp3) is 0.0769. The van der Waals surface area contributed by atoms with E-state index in [2.05, 4.69) is 42.7 Å². The van der Waals surface area contributed by atoms with Crippen LogP contribution in [0, 0.1) is 11.8 Å². The molecule has 0 aliphatic carbocycles. The van der Waals surface area contributed by atoms with Gasteiger partial charge in [-0.15, -0.1) is 0 Å². The molecular weight excluding hydrogens is 292 g/mol. The Bertz CT molecular complexity index is 731. The van der Waals surface area contributed by atoms with Crippen molar-refractivity contribution < 1.29 is 0 Å². The third-order valence-electron chi connectivity index (χ3n) is 2.58. The van der Waals surface area contributed by atoms with Gasteiger partial charge in [-0.2, -0.15) is 0 Å². The molecule has 88 valence electrons. The summed E-state index contributed by atoms with van der Waals surface area (Å²) in [6.45, 7) is 0.634. The molecule has 0 amide bonds. The number of hydrogen-bond acceptors (Lipinski definition) is 2. The van der Waals surface area contributed by atoms with Crippen LogP contribution in [0.4, 0.5) is 0 Å². The molecule has 3 aromatic rings. The lowest BCUT2D eigenvalue weighted by Crippen LogP contribution is -1.89. The Morgan fingerprint density at radius 3 is 3.11 bits per heavy atom. The maximum absolute atomic E-state index is 4.11. The number of imidazole rings is 1. The second kappa shape index (κ2) is 4.67. The second-order valence-electron chi connectivity index (χ2n) is 3.78. The highest BCUT2D eigenvalue weighted by atomic mass is 79.9. The van der Waals surface area contributed by atoms with Crippen LogP contribution in [-0.2, 0) is 6.54 Å². The normalized spacial score (nSPS) is 10.3. The fourth-order valence-corrected chi connectivity index (χ4v) is 2.29. The average Bonchev–Trinajstić information content (AvgIpc) is 3.00. The molecule has 0 atom stereocenters. The molecule has 0 spiro atoms. The molecule has 0 aromatic carbocycles. The Morgan fingerprint density at radius 2 is 2.28 bits per heavy atom. The molecule has 0 aliphatic rings. The van der Waals surface area contributed by atoms with Gasteiger partial charge in [0.2, 0.25) is 0 Å². The maximum atomic E-state index is 4.11. The lowest BCUT2D eigenvalue weighted by molar-refractivity contribution is 0.840. The third-order valence-corrected chi connectivity index (χ3v) is 3.19. The Balaban J connectivity index is 1.94. The van der Waals surface area contributed by atoms with E-state index in [0.29, 0.717) is 6.54 Å². The summed E-state index contributed by atoms with van der Waals surface area (Å²) < 4.78 is 2.88. The molecule has 4 nitrogen and oxygen atoms in total. The van der Waals surface area contributed by atoms with Crippen LogP contribution in [0.25, 0.3) is 10.9 Å². The van der Waals surface area contributed by atoms with Crippen molar-refractivity contribution in [3.8, 4) is 11.8 Å². The van der Waals surface area contributed by atoms with Crippen molar-refractivity contribution in [1.29, 1.82) is 0 Å². The van der Waals surface area contributed by atoms with Gasteiger partial charge in [0, 0.05) is 34.6 Å². The van der Waals surface area contributed by atoms with Crippen LogP contribution >= 0.6 is 15.9 Å². The van der Waals surface area contributed by atoms with Gasteiger partial charge in [-0.25, -0.2) is 4.98 Å². The first-order valence-corrected chi connectivity index (χ1v) is 6.19. The van der Waals surface area contributed by atoms with Crippen LogP contribution in [0.15, 0.2) is 41.8 Å². The predicted molar refractivity (Wildman–Crippen MR) is 72.9 cm³/mol. The first kappa shape index (κ1) is 11.1. The first-order valence-electron chi connectivity index (χ1n) is 5.40. The molecule has 0 fully saturated rings. The molecule has 1 N–H and O–H groups in total. The number of nitrogens with one attached hydrogen (secondary N) is 1. The molecule has 0 bridgehead atoms. The Labute approximate surface area is 112 Å². The van der Waals surface area contributed by atoms with Crippen LogP contribution in [0.2, 0.25) is 0 Å². The molecule has 3 rings (SSSR count). The molecule has 3 aromatic heterocycles.